The maximum atomic E-state index is 12.0. The number of hydrogen-bond acceptors (Lipinski definition) is 5. The van der Waals surface area contributed by atoms with Gasteiger partial charge in [0.15, 0.2) is 6.04 Å². The van der Waals surface area contributed by atoms with Crippen LogP contribution in [0, 0.1) is 0 Å². The van der Waals surface area contributed by atoms with Crippen LogP contribution in [0.25, 0.3) is 0 Å². The third kappa shape index (κ3) is 7.68. The predicted molar refractivity (Wildman–Crippen MR) is 99.6 cm³/mol. The lowest BCUT2D eigenvalue weighted by atomic mass is 10.0. The zero-order chi connectivity index (χ0) is 20.9. The van der Waals surface area contributed by atoms with E-state index in [-0.39, 0.29) is 49.5 Å². The van der Waals surface area contributed by atoms with Crippen LogP contribution in [0.4, 0.5) is 0 Å². The summed E-state index contributed by atoms with van der Waals surface area (Å²) < 4.78 is -0.349. The van der Waals surface area contributed by atoms with Crippen molar-refractivity contribution >= 4 is 17.8 Å². The summed E-state index contributed by atoms with van der Waals surface area (Å²) in [4.78, 5) is 35.4. The van der Waals surface area contributed by atoms with Crippen LogP contribution in [0.2, 0.25) is 0 Å². The Labute approximate surface area is 161 Å². The molecule has 0 rings (SSSR count). The molecular weight excluding hydrogens is 352 g/mol. The third-order valence-corrected chi connectivity index (χ3v) is 5.00. The molecule has 0 heterocycles. The number of aliphatic hydroxyl groups excluding tert-OH is 1. The molecule has 0 aromatic carbocycles. The number of carboxylic acids is 2. The summed E-state index contributed by atoms with van der Waals surface area (Å²) in [6.07, 6.45) is 4.93. The van der Waals surface area contributed by atoms with Crippen molar-refractivity contribution in [3.8, 4) is 0 Å². The molecule has 27 heavy (non-hydrogen) atoms. The maximum Gasteiger partial charge on any atom is 0.362 e. The van der Waals surface area contributed by atoms with Gasteiger partial charge in [0.1, 0.15) is 12.6 Å². The van der Waals surface area contributed by atoms with Gasteiger partial charge in [-0.25, -0.2) is 4.79 Å². The molecule has 8 nitrogen and oxygen atoms in total. The van der Waals surface area contributed by atoms with Crippen LogP contribution in [0.1, 0.15) is 52.4 Å². The van der Waals surface area contributed by atoms with E-state index in [4.69, 9.17) is 0 Å². The Kier molecular flexibility index (Phi) is 12.3. The Morgan fingerprint density at radius 2 is 1.78 bits per heavy atom. The molecule has 3 atom stereocenters. The first kappa shape index (κ1) is 25.1. The van der Waals surface area contributed by atoms with E-state index in [1.54, 1.807) is 19.9 Å². The van der Waals surface area contributed by atoms with E-state index < -0.39 is 24.0 Å². The molecule has 156 valence electrons. The van der Waals surface area contributed by atoms with Gasteiger partial charge >= 0.3 is 5.97 Å². The Hall–Kier alpha value is -1.93. The summed E-state index contributed by atoms with van der Waals surface area (Å²) in [7, 11) is 0. The first-order chi connectivity index (χ1) is 12.8. The molecule has 0 aliphatic carbocycles. The summed E-state index contributed by atoms with van der Waals surface area (Å²) in [6, 6.07) is -2.09. The lowest BCUT2D eigenvalue weighted by Crippen LogP contribution is -2.70. The van der Waals surface area contributed by atoms with Crippen molar-refractivity contribution in [2.75, 3.05) is 26.2 Å². The molecule has 1 amide bonds. The number of carbonyl (C=O) groups excluding carboxylic acids is 2. The highest BCUT2D eigenvalue weighted by Crippen LogP contribution is 2.24. The molecular formula is C19H34N2O6. The van der Waals surface area contributed by atoms with Gasteiger partial charge in [0, 0.05) is 19.3 Å². The fraction of sp³-hybridized carbons (Fsp3) is 0.737. The molecule has 0 aliphatic rings. The highest BCUT2D eigenvalue weighted by atomic mass is 16.4. The Balaban J connectivity index is 5.28. The molecule has 0 aliphatic heterocycles. The number of aliphatic hydroxyl groups is 1. The second-order valence-corrected chi connectivity index (χ2v) is 6.66. The normalized spacial score (nSPS) is 15.4. The van der Waals surface area contributed by atoms with E-state index in [0.29, 0.717) is 6.42 Å². The molecule has 0 aromatic rings. The van der Waals surface area contributed by atoms with Crippen LogP contribution < -0.4 is 10.4 Å². The van der Waals surface area contributed by atoms with E-state index in [1.807, 2.05) is 0 Å². The summed E-state index contributed by atoms with van der Waals surface area (Å²) in [5, 5.41) is 33.6. The van der Waals surface area contributed by atoms with Gasteiger partial charge in [-0.15, -0.1) is 6.58 Å². The van der Waals surface area contributed by atoms with Crippen LogP contribution in [0.15, 0.2) is 12.7 Å². The molecule has 0 saturated heterocycles. The summed E-state index contributed by atoms with van der Waals surface area (Å²) in [6.45, 7) is 6.78. The van der Waals surface area contributed by atoms with Crippen molar-refractivity contribution in [3.63, 3.8) is 0 Å². The zero-order valence-electron chi connectivity index (χ0n) is 16.5. The standard InChI is InChI=1S/C19H34N2O6/c1-4-7-8-9-10-17(23)20-11-12-21(13-14-22,15(5-2)18(24)25)16(6-3)19(26)27/h4,15-16,22H,1,5-14H2,2-3H3,(H2-,20,23,24,25,26,27). The van der Waals surface area contributed by atoms with Crippen LogP contribution >= 0.6 is 0 Å². The quantitative estimate of drug-likeness (QED) is 0.195. The van der Waals surface area contributed by atoms with E-state index in [0.717, 1.165) is 19.3 Å². The molecule has 0 fully saturated rings. The second-order valence-electron chi connectivity index (χ2n) is 6.66. The van der Waals surface area contributed by atoms with Gasteiger partial charge in [-0.2, -0.15) is 0 Å². The van der Waals surface area contributed by atoms with E-state index >= 15 is 0 Å². The maximum absolute atomic E-state index is 12.0. The number of allylic oxidation sites excluding steroid dienone is 1. The monoisotopic (exact) mass is 386 g/mol. The molecule has 0 aromatic heterocycles. The van der Waals surface area contributed by atoms with Crippen LogP contribution in [0.5, 0.6) is 0 Å². The largest absolute Gasteiger partial charge is 0.544 e. The van der Waals surface area contributed by atoms with Crippen molar-refractivity contribution in [1.82, 2.24) is 5.32 Å². The number of carboxylic acid groups (broad SMARTS) is 2. The number of nitrogens with zero attached hydrogens (tertiary/aromatic N) is 1. The number of hydrogen-bond donors (Lipinski definition) is 3. The second kappa shape index (κ2) is 13.3. The number of quaternary nitrogens is 1. The van der Waals surface area contributed by atoms with Gasteiger partial charge in [-0.1, -0.05) is 19.9 Å². The Morgan fingerprint density at radius 1 is 1.15 bits per heavy atom. The first-order valence-electron chi connectivity index (χ1n) is 9.59. The lowest BCUT2D eigenvalue weighted by molar-refractivity contribution is -0.959. The number of rotatable bonds is 16. The highest BCUT2D eigenvalue weighted by molar-refractivity contribution is 5.76. The zero-order valence-corrected chi connectivity index (χ0v) is 16.5. The van der Waals surface area contributed by atoms with E-state index in [1.165, 1.54) is 0 Å². The molecule has 0 spiro atoms. The number of nitrogens with one attached hydrogen (secondary N) is 1. The molecule has 0 radical (unpaired) electrons. The summed E-state index contributed by atoms with van der Waals surface area (Å²) in [5.74, 6) is -2.63. The van der Waals surface area contributed by atoms with Gasteiger partial charge < -0.3 is 29.9 Å². The fourth-order valence-electron chi connectivity index (χ4n) is 3.70. The van der Waals surface area contributed by atoms with Gasteiger partial charge in [-0.3, -0.25) is 4.79 Å². The third-order valence-electron chi connectivity index (χ3n) is 5.00. The van der Waals surface area contributed by atoms with Gasteiger partial charge in [0.25, 0.3) is 0 Å². The van der Waals surface area contributed by atoms with Gasteiger partial charge in [0.2, 0.25) is 5.91 Å². The summed E-state index contributed by atoms with van der Waals surface area (Å²) >= 11 is 0. The molecule has 8 heteroatoms. The minimum atomic E-state index is -1.35. The van der Waals surface area contributed by atoms with Crippen molar-refractivity contribution < 1.29 is 34.2 Å². The first-order valence-corrected chi connectivity index (χ1v) is 9.59. The van der Waals surface area contributed by atoms with Crippen LogP contribution in [0.3, 0.4) is 0 Å². The highest BCUT2D eigenvalue weighted by Gasteiger charge is 2.46. The number of unbranched alkanes of at least 4 members (excludes halogenated alkanes) is 2. The molecule has 0 bridgehead atoms. The SMILES string of the molecule is C=CCCCCC(=O)NCC[N+](CCO)(C(CC)C(=O)[O-])C(CC)C(=O)O. The minimum Gasteiger partial charge on any atom is -0.544 e. The average Bonchev–Trinajstić information content (AvgIpc) is 2.59. The van der Waals surface area contributed by atoms with Crippen molar-refractivity contribution in [1.29, 1.82) is 0 Å². The minimum absolute atomic E-state index is 0.0352. The number of amides is 1. The number of aliphatic carboxylic acids is 2. The predicted octanol–water partition coefficient (Wildman–Crippen LogP) is 0.0498. The Morgan fingerprint density at radius 3 is 2.22 bits per heavy atom. The fourth-order valence-corrected chi connectivity index (χ4v) is 3.70. The molecule has 0 saturated carbocycles. The van der Waals surface area contributed by atoms with E-state index in [2.05, 4.69) is 11.9 Å². The van der Waals surface area contributed by atoms with Crippen LogP contribution in [-0.4, -0.2) is 70.9 Å². The van der Waals surface area contributed by atoms with Gasteiger partial charge in [0.05, 0.1) is 25.7 Å². The number of carbonyl (C=O) groups is 3. The van der Waals surface area contributed by atoms with Crippen molar-refractivity contribution in [2.45, 2.75) is 64.5 Å². The van der Waals surface area contributed by atoms with Crippen LogP contribution in [-0.2, 0) is 14.4 Å². The molecule has 3 N–H and O–H groups in total. The van der Waals surface area contributed by atoms with E-state index in [9.17, 15) is 29.7 Å². The lowest BCUT2D eigenvalue weighted by Gasteiger charge is -2.48. The average molecular weight is 386 g/mol. The topological polar surface area (TPSA) is 127 Å². The Bertz CT molecular complexity index is 473. The van der Waals surface area contributed by atoms with Crippen molar-refractivity contribution in [2.24, 2.45) is 0 Å². The van der Waals surface area contributed by atoms with Crippen molar-refractivity contribution in [3.05, 3.63) is 12.7 Å². The summed E-state index contributed by atoms with van der Waals surface area (Å²) in [5.41, 5.74) is 0. The van der Waals surface area contributed by atoms with Gasteiger partial charge in [-0.05, 0) is 19.3 Å². The smallest absolute Gasteiger partial charge is 0.362 e. The molecule has 3 unspecified atom stereocenters.